The predicted octanol–water partition coefficient (Wildman–Crippen LogP) is 4.27. The van der Waals surface area contributed by atoms with E-state index in [1.54, 1.807) is 0 Å². The lowest BCUT2D eigenvalue weighted by molar-refractivity contribution is -0.118. The molecule has 0 saturated heterocycles. The van der Waals surface area contributed by atoms with Gasteiger partial charge >= 0.3 is 0 Å². The number of ketones is 1. The van der Waals surface area contributed by atoms with Gasteiger partial charge in [-0.25, -0.2) is 0 Å². The monoisotopic (exact) mass is 250 g/mol. The summed E-state index contributed by atoms with van der Waals surface area (Å²) < 4.78 is 5.57. The summed E-state index contributed by atoms with van der Waals surface area (Å²) in [5.41, 5.74) is 1.06. The van der Waals surface area contributed by atoms with Gasteiger partial charge in [0.15, 0.2) is 0 Å². The maximum atomic E-state index is 11.2. The number of ether oxygens (including phenoxy) is 1. The minimum absolute atomic E-state index is 0.274. The Kier molecular flexibility index (Phi) is 8.99. The molecule has 18 heavy (non-hydrogen) atoms. The Balaban J connectivity index is 0.00000137. The van der Waals surface area contributed by atoms with Gasteiger partial charge in [0.1, 0.15) is 11.5 Å². The first-order valence-electron chi connectivity index (χ1n) is 6.85. The van der Waals surface area contributed by atoms with Crippen molar-refractivity contribution in [1.29, 1.82) is 0 Å². The fourth-order valence-electron chi connectivity index (χ4n) is 1.32. The van der Waals surface area contributed by atoms with Crippen molar-refractivity contribution in [3.05, 3.63) is 29.8 Å². The van der Waals surface area contributed by atoms with Crippen LogP contribution < -0.4 is 4.74 Å². The van der Waals surface area contributed by atoms with Gasteiger partial charge in [0.05, 0.1) is 6.61 Å². The minimum Gasteiger partial charge on any atom is -0.493 e. The Bertz CT molecular complexity index is 325. The first kappa shape index (κ1) is 16.7. The standard InChI is InChI=1S/C14H20O2.C2H6/c1-4-13(15)9-12-5-7-14(8-6-12)16-10-11(2)3;1-2/h5-8,11H,4,9-10H2,1-3H3;1-2H3. The van der Waals surface area contributed by atoms with Gasteiger partial charge in [-0.05, 0) is 23.6 Å². The largest absolute Gasteiger partial charge is 0.493 e. The molecule has 0 fully saturated rings. The fourth-order valence-corrected chi connectivity index (χ4v) is 1.32. The maximum absolute atomic E-state index is 11.2. The molecule has 0 aromatic heterocycles. The third kappa shape index (κ3) is 7.10. The highest BCUT2D eigenvalue weighted by atomic mass is 16.5. The van der Waals surface area contributed by atoms with Crippen molar-refractivity contribution < 1.29 is 9.53 Å². The van der Waals surface area contributed by atoms with Crippen LogP contribution in [0.2, 0.25) is 0 Å². The molecule has 0 heterocycles. The van der Waals surface area contributed by atoms with Crippen LogP contribution in [0, 0.1) is 5.92 Å². The molecule has 1 rings (SSSR count). The van der Waals surface area contributed by atoms with E-state index in [0.29, 0.717) is 18.8 Å². The van der Waals surface area contributed by atoms with E-state index in [0.717, 1.165) is 17.9 Å². The number of hydrogen-bond acceptors (Lipinski definition) is 2. The molecule has 1 aromatic rings. The molecule has 0 aliphatic carbocycles. The van der Waals surface area contributed by atoms with Crippen molar-refractivity contribution in [3.63, 3.8) is 0 Å². The van der Waals surface area contributed by atoms with Crippen molar-refractivity contribution >= 4 is 5.78 Å². The number of carbonyl (C=O) groups is 1. The molecule has 0 bridgehead atoms. The lowest BCUT2D eigenvalue weighted by Gasteiger charge is -2.08. The van der Waals surface area contributed by atoms with E-state index in [9.17, 15) is 4.79 Å². The minimum atomic E-state index is 0.274. The molecule has 0 spiro atoms. The van der Waals surface area contributed by atoms with Crippen LogP contribution in [0.25, 0.3) is 0 Å². The topological polar surface area (TPSA) is 26.3 Å². The molecular formula is C16H26O2. The zero-order valence-electron chi connectivity index (χ0n) is 12.3. The van der Waals surface area contributed by atoms with Crippen molar-refractivity contribution in [1.82, 2.24) is 0 Å². The molecule has 0 saturated carbocycles. The summed E-state index contributed by atoms with van der Waals surface area (Å²) in [6.45, 7) is 10.9. The number of benzene rings is 1. The quantitative estimate of drug-likeness (QED) is 0.753. The predicted molar refractivity (Wildman–Crippen MR) is 77.1 cm³/mol. The summed E-state index contributed by atoms with van der Waals surface area (Å²) >= 11 is 0. The van der Waals surface area contributed by atoms with E-state index in [1.165, 1.54) is 0 Å². The van der Waals surface area contributed by atoms with Gasteiger partial charge in [0, 0.05) is 12.8 Å². The fraction of sp³-hybridized carbons (Fsp3) is 0.562. The highest BCUT2D eigenvalue weighted by Gasteiger charge is 2.01. The smallest absolute Gasteiger partial charge is 0.136 e. The second-order valence-corrected chi connectivity index (χ2v) is 4.42. The number of rotatable bonds is 6. The van der Waals surface area contributed by atoms with Crippen LogP contribution in [0.3, 0.4) is 0 Å². The molecule has 2 heteroatoms. The van der Waals surface area contributed by atoms with Crippen molar-refractivity contribution in [2.75, 3.05) is 6.61 Å². The lowest BCUT2D eigenvalue weighted by atomic mass is 10.1. The van der Waals surface area contributed by atoms with Gasteiger partial charge in [-0.3, -0.25) is 4.79 Å². The normalized spacial score (nSPS) is 9.67. The molecule has 0 aliphatic rings. The van der Waals surface area contributed by atoms with E-state index in [1.807, 2.05) is 45.0 Å². The lowest BCUT2D eigenvalue weighted by Crippen LogP contribution is -2.04. The molecule has 0 unspecified atom stereocenters. The number of hydrogen-bond donors (Lipinski definition) is 0. The first-order chi connectivity index (χ1) is 8.61. The molecule has 102 valence electrons. The summed E-state index contributed by atoms with van der Waals surface area (Å²) in [6.07, 6.45) is 1.13. The van der Waals surface area contributed by atoms with E-state index in [2.05, 4.69) is 13.8 Å². The molecule has 0 N–H and O–H groups in total. The van der Waals surface area contributed by atoms with Gasteiger partial charge in [0.2, 0.25) is 0 Å². The average molecular weight is 250 g/mol. The Morgan fingerprint density at radius 3 is 2.17 bits per heavy atom. The Morgan fingerprint density at radius 2 is 1.72 bits per heavy atom. The van der Waals surface area contributed by atoms with Crippen LogP contribution in [0.15, 0.2) is 24.3 Å². The molecule has 0 atom stereocenters. The molecule has 1 aromatic carbocycles. The van der Waals surface area contributed by atoms with Crippen LogP contribution in [0.1, 0.15) is 46.6 Å². The van der Waals surface area contributed by atoms with Gasteiger partial charge in [-0.2, -0.15) is 0 Å². The van der Waals surface area contributed by atoms with Crippen LogP contribution in [-0.2, 0) is 11.2 Å². The summed E-state index contributed by atoms with van der Waals surface area (Å²) in [6, 6.07) is 7.79. The summed E-state index contributed by atoms with van der Waals surface area (Å²) in [7, 11) is 0. The Labute approximate surface area is 111 Å². The number of Topliss-reactive ketones (excluding diaryl/α,β-unsaturated/α-hetero) is 1. The summed E-state index contributed by atoms with van der Waals surface area (Å²) in [4.78, 5) is 11.2. The molecule has 0 amide bonds. The van der Waals surface area contributed by atoms with Gasteiger partial charge in [-0.15, -0.1) is 0 Å². The summed E-state index contributed by atoms with van der Waals surface area (Å²) in [5, 5.41) is 0. The maximum Gasteiger partial charge on any atom is 0.136 e. The van der Waals surface area contributed by atoms with E-state index >= 15 is 0 Å². The highest BCUT2D eigenvalue weighted by molar-refractivity contribution is 5.80. The highest BCUT2D eigenvalue weighted by Crippen LogP contribution is 2.14. The third-order valence-corrected chi connectivity index (χ3v) is 2.30. The van der Waals surface area contributed by atoms with Crippen LogP contribution in [0.5, 0.6) is 5.75 Å². The van der Waals surface area contributed by atoms with Crippen molar-refractivity contribution in [2.45, 2.75) is 47.5 Å². The zero-order valence-corrected chi connectivity index (χ0v) is 12.3. The van der Waals surface area contributed by atoms with Crippen LogP contribution in [-0.4, -0.2) is 12.4 Å². The van der Waals surface area contributed by atoms with Crippen LogP contribution in [0.4, 0.5) is 0 Å². The van der Waals surface area contributed by atoms with Crippen LogP contribution >= 0.6 is 0 Å². The van der Waals surface area contributed by atoms with E-state index in [-0.39, 0.29) is 5.78 Å². The Morgan fingerprint density at radius 1 is 1.17 bits per heavy atom. The second kappa shape index (κ2) is 9.69. The van der Waals surface area contributed by atoms with Crippen molar-refractivity contribution in [2.24, 2.45) is 5.92 Å². The molecular weight excluding hydrogens is 224 g/mol. The molecule has 0 radical (unpaired) electrons. The zero-order chi connectivity index (χ0) is 14.0. The first-order valence-corrected chi connectivity index (χ1v) is 6.85. The SMILES string of the molecule is CC.CCC(=O)Cc1ccc(OCC(C)C)cc1. The average Bonchev–Trinajstić information content (AvgIpc) is 2.40. The Hall–Kier alpha value is -1.31. The van der Waals surface area contributed by atoms with E-state index < -0.39 is 0 Å². The second-order valence-electron chi connectivity index (χ2n) is 4.42. The molecule has 2 nitrogen and oxygen atoms in total. The van der Waals surface area contributed by atoms with Gasteiger partial charge in [0.25, 0.3) is 0 Å². The van der Waals surface area contributed by atoms with Gasteiger partial charge < -0.3 is 4.74 Å². The van der Waals surface area contributed by atoms with Gasteiger partial charge in [-0.1, -0.05) is 46.8 Å². The molecule has 0 aliphatic heterocycles. The van der Waals surface area contributed by atoms with E-state index in [4.69, 9.17) is 4.74 Å². The number of carbonyl (C=O) groups excluding carboxylic acids is 1. The third-order valence-electron chi connectivity index (χ3n) is 2.30. The van der Waals surface area contributed by atoms with Crippen molar-refractivity contribution in [3.8, 4) is 5.75 Å². The summed E-state index contributed by atoms with van der Waals surface area (Å²) in [5.74, 6) is 1.68.